The van der Waals surface area contributed by atoms with Crippen LogP contribution in [0.1, 0.15) is 23.0 Å². The highest BCUT2D eigenvalue weighted by atomic mass is 32.1. The molecule has 0 saturated carbocycles. The zero-order valence-electron chi connectivity index (χ0n) is 10.9. The molecule has 0 aliphatic carbocycles. The van der Waals surface area contributed by atoms with Crippen molar-refractivity contribution in [1.29, 1.82) is 0 Å². The largest absolute Gasteiger partial charge is 0.480 e. The van der Waals surface area contributed by atoms with Crippen molar-refractivity contribution in [3.05, 3.63) is 58.3 Å². The lowest BCUT2D eigenvalue weighted by Gasteiger charge is -2.17. The molecule has 0 aliphatic rings. The molecule has 2 aromatic rings. The first-order valence-electron chi connectivity index (χ1n) is 6.38. The van der Waals surface area contributed by atoms with Crippen molar-refractivity contribution in [3.63, 3.8) is 0 Å². The summed E-state index contributed by atoms with van der Waals surface area (Å²) in [6.07, 6.45) is -0.595. The van der Waals surface area contributed by atoms with Gasteiger partial charge in [0.1, 0.15) is 6.04 Å². The predicted octanol–water partition coefficient (Wildman–Crippen LogP) is 2.41. The third-order valence-corrected chi connectivity index (χ3v) is 4.00. The Morgan fingerprint density at radius 3 is 2.55 bits per heavy atom. The summed E-state index contributed by atoms with van der Waals surface area (Å²) in [5, 5.41) is 24.1. The van der Waals surface area contributed by atoms with Crippen molar-refractivity contribution in [2.45, 2.75) is 25.1 Å². The lowest BCUT2D eigenvalue weighted by atomic mass is 10.1. The van der Waals surface area contributed by atoms with Crippen LogP contribution < -0.4 is 5.32 Å². The van der Waals surface area contributed by atoms with Crippen LogP contribution in [-0.4, -0.2) is 22.2 Å². The van der Waals surface area contributed by atoms with Gasteiger partial charge in [-0.25, -0.2) is 0 Å². The molecule has 20 heavy (non-hydrogen) atoms. The number of carboxylic acids is 1. The zero-order chi connectivity index (χ0) is 14.4. The molecule has 2 atom stereocenters. The normalized spacial score (nSPS) is 13.8. The number of hydrogen-bond acceptors (Lipinski definition) is 4. The number of carbonyl (C=O) groups is 1. The molecule has 106 valence electrons. The molecule has 0 fully saturated rings. The summed E-state index contributed by atoms with van der Waals surface area (Å²) in [7, 11) is 0. The number of thiophene rings is 1. The van der Waals surface area contributed by atoms with E-state index in [9.17, 15) is 15.0 Å². The number of benzene rings is 1. The van der Waals surface area contributed by atoms with Gasteiger partial charge in [0.25, 0.3) is 0 Å². The van der Waals surface area contributed by atoms with E-state index >= 15 is 0 Å². The van der Waals surface area contributed by atoms with Crippen LogP contribution in [0, 0.1) is 0 Å². The highest BCUT2D eigenvalue weighted by molar-refractivity contribution is 7.10. The van der Waals surface area contributed by atoms with Crippen molar-refractivity contribution in [1.82, 2.24) is 5.32 Å². The van der Waals surface area contributed by atoms with Crippen LogP contribution in [0.15, 0.2) is 47.8 Å². The predicted molar refractivity (Wildman–Crippen MR) is 78.6 cm³/mol. The molecular weight excluding hydrogens is 274 g/mol. The van der Waals surface area contributed by atoms with Crippen LogP contribution >= 0.6 is 11.3 Å². The number of nitrogens with one attached hydrogen (secondary N) is 1. The highest BCUT2D eigenvalue weighted by Gasteiger charge is 2.22. The Bertz CT molecular complexity index is 527. The van der Waals surface area contributed by atoms with E-state index in [2.05, 4.69) is 5.32 Å². The maximum absolute atomic E-state index is 11.3. The second-order valence-corrected chi connectivity index (χ2v) is 5.50. The minimum atomic E-state index is -0.948. The summed E-state index contributed by atoms with van der Waals surface area (Å²) in [4.78, 5) is 12.0. The van der Waals surface area contributed by atoms with E-state index in [1.165, 1.54) is 11.3 Å². The molecule has 1 aromatic heterocycles. The maximum atomic E-state index is 11.3. The van der Waals surface area contributed by atoms with Gasteiger partial charge in [-0.15, -0.1) is 11.3 Å². The second kappa shape index (κ2) is 7.19. The number of carboxylic acid groups (broad SMARTS) is 1. The van der Waals surface area contributed by atoms with Gasteiger partial charge in [0.15, 0.2) is 0 Å². The molecule has 0 unspecified atom stereocenters. The highest BCUT2D eigenvalue weighted by Crippen LogP contribution is 2.23. The molecule has 0 saturated heterocycles. The van der Waals surface area contributed by atoms with E-state index in [1.807, 2.05) is 47.8 Å². The Morgan fingerprint density at radius 1 is 1.20 bits per heavy atom. The summed E-state index contributed by atoms with van der Waals surface area (Å²) in [6, 6.07) is 12.5. The fourth-order valence-corrected chi connectivity index (χ4v) is 2.65. The first-order chi connectivity index (χ1) is 9.66. The average Bonchev–Trinajstić information content (AvgIpc) is 2.98. The minimum absolute atomic E-state index is 0.155. The smallest absolute Gasteiger partial charge is 0.320 e. The Hall–Kier alpha value is -1.69. The number of aliphatic hydroxyl groups excluding tert-OH is 1. The third kappa shape index (κ3) is 4.16. The van der Waals surface area contributed by atoms with Crippen LogP contribution in [0.25, 0.3) is 0 Å². The molecule has 5 heteroatoms. The van der Waals surface area contributed by atoms with Crippen molar-refractivity contribution >= 4 is 17.3 Å². The topological polar surface area (TPSA) is 69.6 Å². The Balaban J connectivity index is 1.92. The van der Waals surface area contributed by atoms with Crippen molar-refractivity contribution in [2.75, 3.05) is 0 Å². The summed E-state index contributed by atoms with van der Waals surface area (Å²) < 4.78 is 0. The van der Waals surface area contributed by atoms with E-state index in [0.29, 0.717) is 6.54 Å². The van der Waals surface area contributed by atoms with Gasteiger partial charge in [-0.05, 0) is 17.0 Å². The van der Waals surface area contributed by atoms with Gasteiger partial charge >= 0.3 is 5.97 Å². The van der Waals surface area contributed by atoms with E-state index in [0.717, 1.165) is 10.4 Å². The molecule has 4 nitrogen and oxygen atoms in total. The average molecular weight is 291 g/mol. The Labute approximate surface area is 121 Å². The van der Waals surface area contributed by atoms with Crippen LogP contribution in [0.4, 0.5) is 0 Å². The van der Waals surface area contributed by atoms with E-state index < -0.39 is 18.1 Å². The molecule has 0 aliphatic heterocycles. The van der Waals surface area contributed by atoms with Gasteiger partial charge in [0.05, 0.1) is 6.10 Å². The SMILES string of the molecule is O=C(O)[C@@H](C[C@H](O)c1cccs1)NCc1ccccc1. The molecule has 0 bridgehead atoms. The minimum Gasteiger partial charge on any atom is -0.480 e. The van der Waals surface area contributed by atoms with Crippen LogP contribution in [-0.2, 0) is 11.3 Å². The molecule has 1 heterocycles. The molecule has 3 N–H and O–H groups in total. The lowest BCUT2D eigenvalue weighted by Crippen LogP contribution is -2.37. The van der Waals surface area contributed by atoms with Crippen LogP contribution in [0.5, 0.6) is 0 Å². The summed E-state index contributed by atoms with van der Waals surface area (Å²) in [5.41, 5.74) is 1.02. The van der Waals surface area contributed by atoms with Gasteiger partial charge in [0.2, 0.25) is 0 Å². The fraction of sp³-hybridized carbons (Fsp3) is 0.267. The van der Waals surface area contributed by atoms with Crippen LogP contribution in [0.3, 0.4) is 0 Å². The summed E-state index contributed by atoms with van der Waals surface area (Å²) >= 11 is 1.43. The number of aliphatic hydroxyl groups is 1. The number of hydrogen-bond donors (Lipinski definition) is 3. The molecule has 0 spiro atoms. The van der Waals surface area contributed by atoms with Gasteiger partial charge in [-0.1, -0.05) is 36.4 Å². The number of aliphatic carboxylic acids is 1. The quantitative estimate of drug-likeness (QED) is 0.733. The standard InChI is InChI=1S/C15H17NO3S/c17-13(14-7-4-8-20-14)9-12(15(18)19)16-10-11-5-2-1-3-6-11/h1-8,12-13,16-17H,9-10H2,(H,18,19)/t12-,13+/m1/s1. The Morgan fingerprint density at radius 2 is 1.95 bits per heavy atom. The second-order valence-electron chi connectivity index (χ2n) is 4.52. The first-order valence-corrected chi connectivity index (χ1v) is 7.26. The number of rotatable bonds is 7. The van der Waals surface area contributed by atoms with E-state index in [1.54, 1.807) is 0 Å². The van der Waals surface area contributed by atoms with Crippen molar-refractivity contribution < 1.29 is 15.0 Å². The summed E-state index contributed by atoms with van der Waals surface area (Å²) in [6.45, 7) is 0.467. The van der Waals surface area contributed by atoms with Crippen molar-refractivity contribution in [3.8, 4) is 0 Å². The molecule has 1 aromatic carbocycles. The van der Waals surface area contributed by atoms with E-state index in [4.69, 9.17) is 0 Å². The summed E-state index contributed by atoms with van der Waals surface area (Å²) in [5.74, 6) is -0.948. The van der Waals surface area contributed by atoms with E-state index in [-0.39, 0.29) is 6.42 Å². The van der Waals surface area contributed by atoms with Gasteiger partial charge in [0, 0.05) is 17.8 Å². The van der Waals surface area contributed by atoms with Gasteiger partial charge in [-0.2, -0.15) is 0 Å². The third-order valence-electron chi connectivity index (χ3n) is 3.02. The van der Waals surface area contributed by atoms with Gasteiger partial charge in [-0.3, -0.25) is 4.79 Å². The molecule has 0 amide bonds. The molecule has 2 rings (SSSR count). The Kier molecular flexibility index (Phi) is 5.29. The van der Waals surface area contributed by atoms with Crippen LogP contribution in [0.2, 0.25) is 0 Å². The first kappa shape index (κ1) is 14.7. The monoisotopic (exact) mass is 291 g/mol. The zero-order valence-corrected chi connectivity index (χ0v) is 11.7. The molecule has 0 radical (unpaired) electrons. The maximum Gasteiger partial charge on any atom is 0.320 e. The van der Waals surface area contributed by atoms with Crippen molar-refractivity contribution in [2.24, 2.45) is 0 Å². The van der Waals surface area contributed by atoms with Gasteiger partial charge < -0.3 is 15.5 Å². The molecular formula is C15H17NO3S. The fourth-order valence-electron chi connectivity index (χ4n) is 1.93. The lowest BCUT2D eigenvalue weighted by molar-refractivity contribution is -0.140.